The summed E-state index contributed by atoms with van der Waals surface area (Å²) in [6, 6.07) is 2.03. The molecule has 94 valence electrons. The molecule has 3 heteroatoms. The summed E-state index contributed by atoms with van der Waals surface area (Å²) in [5, 5.41) is 1.11. The zero-order valence-electron chi connectivity index (χ0n) is 11.3. The highest BCUT2D eigenvalue weighted by Crippen LogP contribution is 2.30. The van der Waals surface area contributed by atoms with E-state index in [9.17, 15) is 0 Å². The lowest BCUT2D eigenvalue weighted by molar-refractivity contribution is 0.204. The van der Waals surface area contributed by atoms with Gasteiger partial charge >= 0.3 is 0 Å². The number of nitrogens with zero attached hydrogens (tertiary/aromatic N) is 1. The van der Waals surface area contributed by atoms with Gasteiger partial charge in [0.25, 0.3) is 0 Å². The molecule has 0 aromatic carbocycles. The van der Waals surface area contributed by atoms with Gasteiger partial charge in [-0.05, 0) is 25.7 Å². The molecule has 0 bridgehead atoms. The van der Waals surface area contributed by atoms with Gasteiger partial charge in [-0.15, -0.1) is 0 Å². The summed E-state index contributed by atoms with van der Waals surface area (Å²) in [5.41, 5.74) is 0. The summed E-state index contributed by atoms with van der Waals surface area (Å²) < 4.78 is 3.07. The van der Waals surface area contributed by atoms with Crippen LogP contribution < -0.4 is 0 Å². The molecule has 2 aliphatic rings. The predicted molar refractivity (Wildman–Crippen MR) is 78.9 cm³/mol. The van der Waals surface area contributed by atoms with Crippen LogP contribution in [0.4, 0.5) is 0 Å². The third kappa shape index (κ3) is 3.44. The second kappa shape index (κ2) is 6.36. The lowest BCUT2D eigenvalue weighted by Gasteiger charge is -2.40. The average molecular weight is 256 g/mol. The minimum absolute atomic E-state index is 0.0809. The van der Waals surface area contributed by atoms with Crippen molar-refractivity contribution in [3.05, 3.63) is 0 Å². The summed E-state index contributed by atoms with van der Waals surface area (Å²) in [6.07, 6.45) is 13.7. The summed E-state index contributed by atoms with van der Waals surface area (Å²) >= 11 is 0. The van der Waals surface area contributed by atoms with Gasteiger partial charge < -0.3 is 4.57 Å². The van der Waals surface area contributed by atoms with Crippen LogP contribution in [0.3, 0.4) is 0 Å². The van der Waals surface area contributed by atoms with Gasteiger partial charge in [-0.2, -0.15) is 0 Å². The van der Waals surface area contributed by atoms with E-state index in [1.165, 1.54) is 68.0 Å². The molecule has 0 aromatic rings. The zero-order valence-corrected chi connectivity index (χ0v) is 14.7. The van der Waals surface area contributed by atoms with Crippen molar-refractivity contribution in [2.75, 3.05) is 0 Å². The SMILES string of the molecule is CC([SiH3])[SiH2]N(C1CCCCC1)C1CCCC1. The van der Waals surface area contributed by atoms with E-state index in [4.69, 9.17) is 0 Å². The van der Waals surface area contributed by atoms with Crippen molar-refractivity contribution < 1.29 is 0 Å². The Balaban J connectivity index is 1.94. The minimum atomic E-state index is 0.0809. The molecule has 2 aliphatic carbocycles. The molecule has 16 heavy (non-hydrogen) atoms. The normalized spacial score (nSPS) is 27.4. The van der Waals surface area contributed by atoms with Gasteiger partial charge in [0.05, 0.1) is 9.68 Å². The highest BCUT2D eigenvalue weighted by atomic mass is 28.3. The fourth-order valence-corrected chi connectivity index (χ4v) is 7.10. The van der Waals surface area contributed by atoms with E-state index in [1.807, 2.05) is 0 Å². The van der Waals surface area contributed by atoms with Crippen LogP contribution >= 0.6 is 0 Å². The lowest BCUT2D eigenvalue weighted by atomic mass is 9.94. The largest absolute Gasteiger partial charge is 0.324 e. The van der Waals surface area contributed by atoms with E-state index in [2.05, 4.69) is 11.5 Å². The molecule has 2 fully saturated rings. The predicted octanol–water partition coefficient (Wildman–Crippen LogP) is 1.78. The Morgan fingerprint density at radius 3 is 1.81 bits per heavy atom. The molecule has 0 N–H and O–H groups in total. The van der Waals surface area contributed by atoms with E-state index in [1.54, 1.807) is 0 Å². The van der Waals surface area contributed by atoms with E-state index in [0.717, 1.165) is 17.2 Å². The van der Waals surface area contributed by atoms with Gasteiger partial charge in [-0.1, -0.05) is 44.2 Å². The standard InChI is InChI=1S/C13H29NSi2/c1-11(15)16-14(13-9-5-6-10-13)12-7-3-2-4-8-12/h11-13H,2-10,16H2,1,15H3. The first kappa shape index (κ1) is 12.8. The molecule has 0 aromatic heterocycles. The molecule has 0 radical (unpaired) electrons. The van der Waals surface area contributed by atoms with Crippen LogP contribution in [0, 0.1) is 0 Å². The maximum Gasteiger partial charge on any atom is 0.0951 e. The van der Waals surface area contributed by atoms with Gasteiger partial charge in [0.15, 0.2) is 0 Å². The Labute approximate surface area is 107 Å². The fourth-order valence-electron chi connectivity index (χ4n) is 3.67. The highest BCUT2D eigenvalue weighted by molar-refractivity contribution is 6.47. The number of hydrogen-bond acceptors (Lipinski definition) is 1. The van der Waals surface area contributed by atoms with Crippen molar-refractivity contribution in [2.45, 2.75) is 82.0 Å². The third-order valence-corrected chi connectivity index (χ3v) is 7.69. The van der Waals surface area contributed by atoms with Crippen LogP contribution in [0.1, 0.15) is 64.7 Å². The molecule has 0 amide bonds. The molecule has 0 saturated heterocycles. The average Bonchev–Trinajstić information content (AvgIpc) is 2.80. The first-order chi connectivity index (χ1) is 7.77. The molecule has 1 unspecified atom stereocenters. The van der Waals surface area contributed by atoms with E-state index in [-0.39, 0.29) is 9.68 Å². The van der Waals surface area contributed by atoms with Crippen LogP contribution in [0.5, 0.6) is 0 Å². The quantitative estimate of drug-likeness (QED) is 0.692. The summed E-state index contributed by atoms with van der Waals surface area (Å²) in [6.45, 7) is 2.50. The van der Waals surface area contributed by atoms with Crippen LogP contribution in [0.15, 0.2) is 0 Å². The fraction of sp³-hybridized carbons (Fsp3) is 1.00. The molecule has 0 heterocycles. The molecular formula is C13H29NSi2. The van der Waals surface area contributed by atoms with Crippen molar-refractivity contribution in [3.63, 3.8) is 0 Å². The second-order valence-electron chi connectivity index (χ2n) is 6.32. The first-order valence-corrected chi connectivity index (χ1v) is 10.1. The molecule has 2 saturated carbocycles. The van der Waals surface area contributed by atoms with Gasteiger partial charge in [-0.25, -0.2) is 0 Å². The van der Waals surface area contributed by atoms with Crippen LogP contribution in [0.25, 0.3) is 0 Å². The Hall–Kier alpha value is 0.394. The second-order valence-corrected chi connectivity index (χ2v) is 12.7. The molecule has 1 atom stereocenters. The number of hydrogen-bond donors (Lipinski definition) is 0. The van der Waals surface area contributed by atoms with E-state index >= 15 is 0 Å². The monoisotopic (exact) mass is 255 g/mol. The molecule has 2 rings (SSSR count). The van der Waals surface area contributed by atoms with Crippen molar-refractivity contribution in [2.24, 2.45) is 0 Å². The van der Waals surface area contributed by atoms with Crippen molar-refractivity contribution in [1.82, 2.24) is 4.57 Å². The minimum Gasteiger partial charge on any atom is -0.324 e. The van der Waals surface area contributed by atoms with Crippen LogP contribution in [-0.4, -0.2) is 36.6 Å². The van der Waals surface area contributed by atoms with Gasteiger partial charge in [-0.3, -0.25) is 0 Å². The van der Waals surface area contributed by atoms with E-state index < -0.39 is 0 Å². The molecule has 0 spiro atoms. The highest BCUT2D eigenvalue weighted by Gasteiger charge is 2.29. The van der Waals surface area contributed by atoms with Gasteiger partial charge in [0, 0.05) is 22.3 Å². The third-order valence-electron chi connectivity index (χ3n) is 4.41. The smallest absolute Gasteiger partial charge is 0.0951 e. The molecule has 1 nitrogen and oxygen atoms in total. The Morgan fingerprint density at radius 1 is 0.938 bits per heavy atom. The summed E-state index contributed by atoms with van der Waals surface area (Å²) in [4.78, 5) is 0. The number of rotatable bonds is 4. The van der Waals surface area contributed by atoms with Crippen LogP contribution in [-0.2, 0) is 0 Å². The zero-order chi connectivity index (χ0) is 11.4. The van der Waals surface area contributed by atoms with Crippen molar-refractivity contribution in [3.8, 4) is 0 Å². The Kier molecular flexibility index (Phi) is 5.10. The summed E-state index contributed by atoms with van der Waals surface area (Å²) in [7, 11) is 1.51. The van der Waals surface area contributed by atoms with Crippen molar-refractivity contribution >= 4 is 19.9 Å². The summed E-state index contributed by atoms with van der Waals surface area (Å²) in [5.74, 6) is 0. The maximum atomic E-state index is 3.07. The topological polar surface area (TPSA) is 3.24 Å². The van der Waals surface area contributed by atoms with Crippen molar-refractivity contribution in [1.29, 1.82) is 0 Å². The van der Waals surface area contributed by atoms with Gasteiger partial charge in [0.1, 0.15) is 0 Å². The molecule has 0 aliphatic heterocycles. The lowest BCUT2D eigenvalue weighted by Crippen LogP contribution is -2.46. The van der Waals surface area contributed by atoms with Crippen LogP contribution in [0.2, 0.25) is 5.16 Å². The maximum absolute atomic E-state index is 3.07. The van der Waals surface area contributed by atoms with E-state index in [0.29, 0.717) is 0 Å². The molecular weight excluding hydrogens is 226 g/mol. The van der Waals surface area contributed by atoms with Gasteiger partial charge in [0.2, 0.25) is 0 Å². The Morgan fingerprint density at radius 2 is 1.38 bits per heavy atom. The first-order valence-electron chi connectivity index (χ1n) is 7.53. The Bertz CT molecular complexity index is 196.